The fraction of sp³-hybridized carbons (Fsp3) is 0.286. The van der Waals surface area contributed by atoms with Gasteiger partial charge in [0.25, 0.3) is 0 Å². The van der Waals surface area contributed by atoms with E-state index in [2.05, 4.69) is 19.9 Å². The van der Waals surface area contributed by atoms with Crippen LogP contribution in [0, 0.1) is 0 Å². The van der Waals surface area contributed by atoms with Gasteiger partial charge < -0.3 is 4.74 Å². The Hall–Kier alpha value is -2.34. The molecule has 0 bridgehead atoms. The number of aromatic nitrogens is 5. The maximum Gasteiger partial charge on any atom is 0.180 e. The van der Waals surface area contributed by atoms with Gasteiger partial charge in [-0.3, -0.25) is 9.55 Å². The molecule has 1 aliphatic heterocycles. The Morgan fingerprint density at radius 2 is 2.20 bits per heavy atom. The van der Waals surface area contributed by atoms with E-state index in [4.69, 9.17) is 4.74 Å². The number of rotatable bonds is 2. The van der Waals surface area contributed by atoms with Crippen molar-refractivity contribution in [2.75, 3.05) is 6.61 Å². The maximum absolute atomic E-state index is 5.70. The summed E-state index contributed by atoms with van der Waals surface area (Å²) in [4.78, 5) is 17.5. The van der Waals surface area contributed by atoms with Crippen molar-refractivity contribution in [3.8, 4) is 11.5 Å². The van der Waals surface area contributed by atoms with Gasteiger partial charge in [0.1, 0.15) is 17.4 Å². The predicted molar refractivity (Wildman–Crippen MR) is 72.8 cm³/mol. The van der Waals surface area contributed by atoms with Gasteiger partial charge >= 0.3 is 0 Å². The van der Waals surface area contributed by atoms with Gasteiger partial charge in [0.15, 0.2) is 11.5 Å². The van der Waals surface area contributed by atoms with Gasteiger partial charge in [0.05, 0.1) is 12.5 Å². The molecule has 3 aromatic heterocycles. The van der Waals surface area contributed by atoms with Crippen molar-refractivity contribution in [3.63, 3.8) is 0 Å². The summed E-state index contributed by atoms with van der Waals surface area (Å²) in [6.07, 6.45) is 7.35. The van der Waals surface area contributed by atoms with E-state index in [-0.39, 0.29) is 6.23 Å². The number of fused-ring (bicyclic) bond motifs is 1. The molecular formula is C14H13N5O. The first-order valence-electron chi connectivity index (χ1n) is 6.64. The van der Waals surface area contributed by atoms with E-state index in [1.165, 1.54) is 0 Å². The second-order valence-corrected chi connectivity index (χ2v) is 4.74. The van der Waals surface area contributed by atoms with E-state index in [0.717, 1.165) is 36.3 Å². The number of imidazole rings is 1. The molecule has 6 nitrogen and oxygen atoms in total. The fourth-order valence-electron chi connectivity index (χ4n) is 2.44. The molecule has 1 saturated heterocycles. The lowest BCUT2D eigenvalue weighted by molar-refractivity contribution is 0.0593. The lowest BCUT2D eigenvalue weighted by Crippen LogP contribution is -2.07. The van der Waals surface area contributed by atoms with E-state index >= 15 is 0 Å². The van der Waals surface area contributed by atoms with E-state index in [1.807, 2.05) is 22.8 Å². The van der Waals surface area contributed by atoms with Crippen LogP contribution in [0.5, 0.6) is 0 Å². The number of nitrogens with zero attached hydrogens (tertiary/aromatic N) is 5. The summed E-state index contributed by atoms with van der Waals surface area (Å²) >= 11 is 0. The van der Waals surface area contributed by atoms with Crippen LogP contribution in [0.25, 0.3) is 22.7 Å². The van der Waals surface area contributed by atoms with Crippen LogP contribution in [-0.4, -0.2) is 31.1 Å². The van der Waals surface area contributed by atoms with Crippen molar-refractivity contribution >= 4 is 11.2 Å². The monoisotopic (exact) mass is 267 g/mol. The van der Waals surface area contributed by atoms with Crippen LogP contribution >= 0.6 is 0 Å². The quantitative estimate of drug-likeness (QED) is 0.712. The first-order valence-corrected chi connectivity index (χ1v) is 6.64. The summed E-state index contributed by atoms with van der Waals surface area (Å²) in [7, 11) is 0. The van der Waals surface area contributed by atoms with E-state index in [9.17, 15) is 0 Å². The van der Waals surface area contributed by atoms with Crippen LogP contribution in [0.15, 0.2) is 36.9 Å². The van der Waals surface area contributed by atoms with Crippen molar-refractivity contribution in [2.45, 2.75) is 19.1 Å². The third kappa shape index (κ3) is 1.85. The SMILES string of the molecule is c1ccc(-c2ncc3ncn(C4CCCO4)c3n2)nc1. The molecule has 0 aromatic carbocycles. The topological polar surface area (TPSA) is 65.7 Å². The smallest absolute Gasteiger partial charge is 0.180 e. The first kappa shape index (κ1) is 11.5. The molecule has 1 fully saturated rings. The van der Waals surface area contributed by atoms with Crippen LogP contribution in [0.4, 0.5) is 0 Å². The minimum absolute atomic E-state index is 0.0338. The summed E-state index contributed by atoms with van der Waals surface area (Å²) in [5.41, 5.74) is 2.34. The summed E-state index contributed by atoms with van der Waals surface area (Å²) in [5, 5.41) is 0. The molecule has 1 aliphatic rings. The lowest BCUT2D eigenvalue weighted by atomic mass is 10.3. The average molecular weight is 267 g/mol. The summed E-state index contributed by atoms with van der Waals surface area (Å²) in [5.74, 6) is 0.609. The van der Waals surface area contributed by atoms with Gasteiger partial charge in [-0.05, 0) is 25.0 Å². The van der Waals surface area contributed by atoms with E-state index in [1.54, 1.807) is 18.7 Å². The Labute approximate surface area is 115 Å². The Morgan fingerprint density at radius 3 is 3.00 bits per heavy atom. The fourth-order valence-corrected chi connectivity index (χ4v) is 2.44. The number of pyridine rings is 1. The Morgan fingerprint density at radius 1 is 1.20 bits per heavy atom. The molecule has 20 heavy (non-hydrogen) atoms. The Bertz CT molecular complexity index is 734. The molecule has 0 saturated carbocycles. The summed E-state index contributed by atoms with van der Waals surface area (Å²) < 4.78 is 7.68. The minimum atomic E-state index is 0.0338. The molecule has 0 amide bonds. The third-order valence-electron chi connectivity index (χ3n) is 3.43. The van der Waals surface area contributed by atoms with Gasteiger partial charge in [-0.2, -0.15) is 0 Å². The molecule has 0 N–H and O–H groups in total. The summed E-state index contributed by atoms with van der Waals surface area (Å²) in [6, 6.07) is 5.69. The minimum Gasteiger partial charge on any atom is -0.358 e. The van der Waals surface area contributed by atoms with Crippen LogP contribution in [0.3, 0.4) is 0 Å². The standard InChI is InChI=1S/C14H13N5O/c1-2-6-15-10(4-1)13-16-8-11-14(18-13)19(9-17-11)12-5-3-7-20-12/h1-2,4,6,8-9,12H,3,5,7H2. The predicted octanol–water partition coefficient (Wildman–Crippen LogP) is 2.20. The second-order valence-electron chi connectivity index (χ2n) is 4.74. The Kier molecular flexibility index (Phi) is 2.67. The van der Waals surface area contributed by atoms with Crippen LogP contribution < -0.4 is 0 Å². The van der Waals surface area contributed by atoms with Crippen molar-refractivity contribution in [1.29, 1.82) is 0 Å². The highest BCUT2D eigenvalue weighted by molar-refractivity contribution is 5.72. The van der Waals surface area contributed by atoms with Gasteiger partial charge in [-0.25, -0.2) is 15.0 Å². The molecule has 0 spiro atoms. The molecular weight excluding hydrogens is 254 g/mol. The van der Waals surface area contributed by atoms with E-state index < -0.39 is 0 Å². The maximum atomic E-state index is 5.70. The number of hydrogen-bond acceptors (Lipinski definition) is 5. The van der Waals surface area contributed by atoms with Crippen molar-refractivity contribution in [2.24, 2.45) is 0 Å². The highest BCUT2D eigenvalue weighted by Gasteiger charge is 2.20. The molecule has 1 unspecified atom stereocenters. The molecule has 0 radical (unpaired) electrons. The van der Waals surface area contributed by atoms with Crippen LogP contribution in [-0.2, 0) is 4.74 Å². The highest BCUT2D eigenvalue weighted by atomic mass is 16.5. The largest absolute Gasteiger partial charge is 0.358 e. The van der Waals surface area contributed by atoms with Crippen molar-refractivity contribution in [3.05, 3.63) is 36.9 Å². The zero-order valence-electron chi connectivity index (χ0n) is 10.8. The van der Waals surface area contributed by atoms with Crippen molar-refractivity contribution in [1.82, 2.24) is 24.5 Å². The normalized spacial score (nSPS) is 18.7. The van der Waals surface area contributed by atoms with Gasteiger partial charge in [-0.1, -0.05) is 6.07 Å². The second kappa shape index (κ2) is 4.64. The average Bonchev–Trinajstić information content (AvgIpc) is 3.16. The molecule has 3 aromatic rings. The molecule has 4 heterocycles. The molecule has 0 aliphatic carbocycles. The zero-order valence-corrected chi connectivity index (χ0v) is 10.8. The van der Waals surface area contributed by atoms with Crippen LogP contribution in [0.1, 0.15) is 19.1 Å². The highest BCUT2D eigenvalue weighted by Crippen LogP contribution is 2.26. The molecule has 100 valence electrons. The van der Waals surface area contributed by atoms with Crippen LogP contribution in [0.2, 0.25) is 0 Å². The molecule has 6 heteroatoms. The number of ether oxygens (including phenoxy) is 1. The zero-order chi connectivity index (χ0) is 13.4. The Balaban J connectivity index is 1.83. The molecule has 4 rings (SSSR count). The molecule has 1 atom stereocenters. The third-order valence-corrected chi connectivity index (χ3v) is 3.43. The first-order chi connectivity index (χ1) is 9.92. The van der Waals surface area contributed by atoms with Gasteiger partial charge in [0.2, 0.25) is 0 Å². The van der Waals surface area contributed by atoms with E-state index in [0.29, 0.717) is 5.82 Å². The van der Waals surface area contributed by atoms with Crippen molar-refractivity contribution < 1.29 is 4.74 Å². The van der Waals surface area contributed by atoms with Gasteiger partial charge in [-0.15, -0.1) is 0 Å². The number of hydrogen-bond donors (Lipinski definition) is 0. The van der Waals surface area contributed by atoms with Gasteiger partial charge in [0, 0.05) is 12.8 Å². The summed E-state index contributed by atoms with van der Waals surface area (Å²) in [6.45, 7) is 0.794. The lowest BCUT2D eigenvalue weighted by Gasteiger charge is -2.11.